The van der Waals surface area contributed by atoms with Crippen molar-refractivity contribution in [1.82, 2.24) is 14.8 Å². The smallest absolute Gasteiger partial charge is 0.274 e. The van der Waals surface area contributed by atoms with Gasteiger partial charge in [0.05, 0.1) is 13.2 Å². The molecule has 2 aliphatic heterocycles. The largest absolute Gasteiger partial charge is 0.491 e. The number of pyridine rings is 1. The molecule has 0 saturated carbocycles. The second-order valence-electron chi connectivity index (χ2n) is 6.99. The van der Waals surface area contributed by atoms with Crippen molar-refractivity contribution in [3.8, 4) is 5.75 Å². The Bertz CT molecular complexity index is 1030. The van der Waals surface area contributed by atoms with E-state index in [-0.39, 0.29) is 34.8 Å². The maximum absolute atomic E-state index is 13.2. The molecule has 2 amide bonds. The number of rotatable bonds is 4. The lowest BCUT2D eigenvalue weighted by Gasteiger charge is -2.35. The number of halogens is 1. The summed E-state index contributed by atoms with van der Waals surface area (Å²) in [6.07, 6.45) is 1.26. The summed E-state index contributed by atoms with van der Waals surface area (Å²) in [6, 6.07) is 5.94. The second kappa shape index (κ2) is 6.78. The quantitative estimate of drug-likeness (QED) is 0.865. The summed E-state index contributed by atoms with van der Waals surface area (Å²) in [7, 11) is 2.79. The number of nitrogens with zero attached hydrogens (tertiary/aromatic N) is 2. The number of aromatic nitrogens is 1. The van der Waals surface area contributed by atoms with Crippen LogP contribution in [0, 0.1) is 5.82 Å². The number of nitrogens with one attached hydrogen (secondary N) is 1. The molecule has 1 aromatic carbocycles. The Balaban J connectivity index is 1.82. The van der Waals surface area contributed by atoms with Crippen molar-refractivity contribution in [2.75, 3.05) is 20.7 Å². The molecule has 1 unspecified atom stereocenters. The number of carbonyl (C=O) groups is 2. The summed E-state index contributed by atoms with van der Waals surface area (Å²) in [5.41, 5.74) is 1.04. The predicted molar refractivity (Wildman–Crippen MR) is 99.1 cm³/mol. The summed E-state index contributed by atoms with van der Waals surface area (Å²) < 4.78 is 20.3. The summed E-state index contributed by atoms with van der Waals surface area (Å²) >= 11 is 0. The number of methoxy groups -OCH3 is 1. The highest BCUT2D eigenvalue weighted by Crippen LogP contribution is 2.37. The molecule has 28 heavy (non-hydrogen) atoms. The third-order valence-corrected chi connectivity index (χ3v) is 5.41. The minimum absolute atomic E-state index is 0.0407. The van der Waals surface area contributed by atoms with E-state index in [2.05, 4.69) is 5.32 Å². The van der Waals surface area contributed by atoms with Gasteiger partial charge in [-0.15, -0.1) is 0 Å². The molecule has 4 rings (SSSR count). The van der Waals surface area contributed by atoms with Gasteiger partial charge in [0.1, 0.15) is 11.4 Å². The Kier molecular flexibility index (Phi) is 4.41. The Morgan fingerprint density at radius 3 is 2.64 bits per heavy atom. The highest BCUT2D eigenvalue weighted by Gasteiger charge is 2.41. The molecule has 3 heterocycles. The molecule has 1 atom stereocenters. The van der Waals surface area contributed by atoms with E-state index in [4.69, 9.17) is 4.74 Å². The molecule has 1 N–H and O–H groups in total. The van der Waals surface area contributed by atoms with Crippen LogP contribution in [0.25, 0.3) is 0 Å². The van der Waals surface area contributed by atoms with Crippen molar-refractivity contribution in [2.45, 2.75) is 25.4 Å². The molecule has 0 spiro atoms. The maximum Gasteiger partial charge on any atom is 0.274 e. The normalized spacial score (nSPS) is 17.5. The molecule has 1 aromatic heterocycles. The van der Waals surface area contributed by atoms with E-state index in [1.807, 2.05) is 0 Å². The second-order valence-corrected chi connectivity index (χ2v) is 6.99. The summed E-state index contributed by atoms with van der Waals surface area (Å²) in [4.78, 5) is 40.1. The van der Waals surface area contributed by atoms with Gasteiger partial charge < -0.3 is 19.5 Å². The van der Waals surface area contributed by atoms with Gasteiger partial charge in [-0.1, -0.05) is 12.1 Å². The van der Waals surface area contributed by atoms with Gasteiger partial charge in [0.2, 0.25) is 5.43 Å². The van der Waals surface area contributed by atoms with Gasteiger partial charge >= 0.3 is 0 Å². The third kappa shape index (κ3) is 2.67. The van der Waals surface area contributed by atoms with Crippen LogP contribution in [0.2, 0.25) is 0 Å². The van der Waals surface area contributed by atoms with Crippen LogP contribution in [0.3, 0.4) is 0 Å². The van der Waals surface area contributed by atoms with Crippen LogP contribution in [-0.2, 0) is 13.0 Å². The lowest BCUT2D eigenvalue weighted by molar-refractivity contribution is 0.0649. The standard InChI is InChI=1S/C20H20FN3O4/c1-22-19(26)15-14-8-7-13-10-23(9-11-3-5-12(21)6-4-11)20(27)16(24(13)14)18(28-2)17(15)25/h3-6,13H,7-10H2,1-2H3,(H,22,26). The van der Waals surface area contributed by atoms with Crippen LogP contribution in [0.1, 0.15) is 44.6 Å². The zero-order valence-corrected chi connectivity index (χ0v) is 15.6. The van der Waals surface area contributed by atoms with Gasteiger partial charge in [0.25, 0.3) is 11.8 Å². The van der Waals surface area contributed by atoms with Gasteiger partial charge in [-0.25, -0.2) is 4.39 Å². The molecule has 2 aliphatic rings. The maximum atomic E-state index is 13.2. The van der Waals surface area contributed by atoms with Crippen LogP contribution in [-0.4, -0.2) is 42.0 Å². The Morgan fingerprint density at radius 2 is 2.00 bits per heavy atom. The number of hydrogen-bond acceptors (Lipinski definition) is 4. The summed E-state index contributed by atoms with van der Waals surface area (Å²) in [5.74, 6) is -1.26. The number of amides is 2. The van der Waals surface area contributed by atoms with E-state index in [1.54, 1.807) is 21.6 Å². The monoisotopic (exact) mass is 385 g/mol. The fraction of sp³-hybridized carbons (Fsp3) is 0.350. The van der Waals surface area contributed by atoms with E-state index >= 15 is 0 Å². The first-order chi connectivity index (χ1) is 13.5. The lowest BCUT2D eigenvalue weighted by Crippen LogP contribution is -2.44. The van der Waals surface area contributed by atoms with Gasteiger partial charge in [-0.2, -0.15) is 0 Å². The van der Waals surface area contributed by atoms with E-state index in [9.17, 15) is 18.8 Å². The predicted octanol–water partition coefficient (Wildman–Crippen LogP) is 1.50. The van der Waals surface area contributed by atoms with E-state index in [1.165, 1.54) is 26.3 Å². The van der Waals surface area contributed by atoms with Gasteiger partial charge in [-0.3, -0.25) is 14.4 Å². The average molecular weight is 385 g/mol. The fourth-order valence-corrected chi connectivity index (χ4v) is 4.15. The highest BCUT2D eigenvalue weighted by molar-refractivity contribution is 6.00. The highest BCUT2D eigenvalue weighted by atomic mass is 19.1. The van der Waals surface area contributed by atoms with Crippen molar-refractivity contribution in [2.24, 2.45) is 0 Å². The molecule has 0 radical (unpaired) electrons. The van der Waals surface area contributed by atoms with E-state index in [0.717, 1.165) is 12.0 Å². The number of hydrogen-bond donors (Lipinski definition) is 1. The average Bonchev–Trinajstić information content (AvgIpc) is 3.10. The minimum atomic E-state index is -0.569. The lowest BCUT2D eigenvalue weighted by atomic mass is 10.1. The Morgan fingerprint density at radius 1 is 1.29 bits per heavy atom. The third-order valence-electron chi connectivity index (χ3n) is 5.41. The molecule has 0 bridgehead atoms. The van der Waals surface area contributed by atoms with E-state index in [0.29, 0.717) is 25.2 Å². The number of ether oxygens (including phenoxy) is 1. The first kappa shape index (κ1) is 18.2. The van der Waals surface area contributed by atoms with Crippen molar-refractivity contribution in [1.29, 1.82) is 0 Å². The first-order valence-electron chi connectivity index (χ1n) is 9.07. The Labute approximate surface area is 160 Å². The zero-order chi connectivity index (χ0) is 20.0. The van der Waals surface area contributed by atoms with E-state index < -0.39 is 11.3 Å². The van der Waals surface area contributed by atoms with Crippen LogP contribution >= 0.6 is 0 Å². The zero-order valence-electron chi connectivity index (χ0n) is 15.6. The van der Waals surface area contributed by atoms with Crippen LogP contribution < -0.4 is 15.5 Å². The Hall–Kier alpha value is -3.16. The van der Waals surface area contributed by atoms with Gasteiger partial charge in [-0.05, 0) is 30.5 Å². The molecule has 7 nitrogen and oxygen atoms in total. The SMILES string of the molecule is CNC(=O)c1c2n3c(c(OC)c1=O)C(=O)N(Cc1ccc(F)cc1)CC3CC2. The topological polar surface area (TPSA) is 80.6 Å². The first-order valence-corrected chi connectivity index (χ1v) is 9.07. The summed E-state index contributed by atoms with van der Waals surface area (Å²) in [5, 5.41) is 2.50. The van der Waals surface area contributed by atoms with Crippen molar-refractivity contribution < 1.29 is 18.7 Å². The van der Waals surface area contributed by atoms with Crippen molar-refractivity contribution in [3.63, 3.8) is 0 Å². The molecule has 0 fully saturated rings. The molecule has 2 aromatic rings. The summed E-state index contributed by atoms with van der Waals surface area (Å²) in [6.45, 7) is 0.759. The number of carbonyl (C=O) groups excluding carboxylic acids is 2. The van der Waals surface area contributed by atoms with Crippen molar-refractivity contribution in [3.05, 3.63) is 62.8 Å². The molecule has 0 saturated heterocycles. The van der Waals surface area contributed by atoms with Gasteiger partial charge in [0.15, 0.2) is 11.4 Å². The molecular formula is C20H20FN3O4. The van der Waals surface area contributed by atoms with Crippen molar-refractivity contribution >= 4 is 11.8 Å². The van der Waals surface area contributed by atoms with Crippen LogP contribution in [0.4, 0.5) is 4.39 Å². The number of benzene rings is 1. The molecule has 8 heteroatoms. The molecule has 0 aliphatic carbocycles. The molecular weight excluding hydrogens is 365 g/mol. The minimum Gasteiger partial charge on any atom is -0.491 e. The van der Waals surface area contributed by atoms with Crippen LogP contribution in [0.5, 0.6) is 5.75 Å². The van der Waals surface area contributed by atoms with Crippen LogP contribution in [0.15, 0.2) is 29.1 Å². The molecule has 146 valence electrons. The fourth-order valence-electron chi connectivity index (χ4n) is 4.15. The van der Waals surface area contributed by atoms with Gasteiger partial charge in [0, 0.05) is 25.8 Å².